The van der Waals surface area contributed by atoms with Crippen molar-refractivity contribution >= 4 is 29.2 Å². The standard InChI is InChI=1S/C19H11ClN4S/c20-13-7-4-8-14(9-13)25-19-16(11-22)17(12-5-2-1-3-6-12)15(10-21)18(23)24-19/h1-9H,(H2,23,24). The summed E-state index contributed by atoms with van der Waals surface area (Å²) in [7, 11) is 0. The lowest BCUT2D eigenvalue weighted by Gasteiger charge is -2.13. The van der Waals surface area contributed by atoms with Crippen molar-refractivity contribution in [1.82, 2.24) is 4.98 Å². The Kier molecular flexibility index (Phi) is 4.90. The molecule has 0 unspecified atom stereocenters. The molecule has 0 bridgehead atoms. The Labute approximate surface area is 154 Å². The largest absolute Gasteiger partial charge is 0.383 e. The highest BCUT2D eigenvalue weighted by Gasteiger charge is 2.20. The van der Waals surface area contributed by atoms with E-state index in [0.717, 1.165) is 10.5 Å². The number of rotatable bonds is 3. The average Bonchev–Trinajstić information content (AvgIpc) is 2.62. The Morgan fingerprint density at radius 3 is 2.32 bits per heavy atom. The minimum absolute atomic E-state index is 0.102. The predicted octanol–water partition coefficient (Wildman–Crippen LogP) is 4.88. The number of aromatic nitrogens is 1. The number of anilines is 1. The molecule has 0 aliphatic rings. The highest BCUT2D eigenvalue weighted by molar-refractivity contribution is 7.99. The molecule has 0 aliphatic carbocycles. The van der Waals surface area contributed by atoms with Crippen LogP contribution in [0.5, 0.6) is 0 Å². The first-order chi connectivity index (χ1) is 12.1. The molecule has 0 radical (unpaired) electrons. The van der Waals surface area contributed by atoms with Crippen molar-refractivity contribution in [2.45, 2.75) is 9.92 Å². The maximum Gasteiger partial charge on any atom is 0.143 e. The van der Waals surface area contributed by atoms with Gasteiger partial charge in [-0.15, -0.1) is 0 Å². The summed E-state index contributed by atoms with van der Waals surface area (Å²) in [4.78, 5) is 5.11. The normalized spacial score (nSPS) is 10.0. The van der Waals surface area contributed by atoms with Gasteiger partial charge in [0.25, 0.3) is 0 Å². The number of nitrogen functional groups attached to an aromatic ring is 1. The molecular formula is C19H11ClN4S. The van der Waals surface area contributed by atoms with Gasteiger partial charge in [-0.2, -0.15) is 10.5 Å². The van der Waals surface area contributed by atoms with E-state index in [1.165, 1.54) is 11.8 Å². The lowest BCUT2D eigenvalue weighted by Crippen LogP contribution is -2.03. The van der Waals surface area contributed by atoms with Crippen LogP contribution >= 0.6 is 23.4 Å². The summed E-state index contributed by atoms with van der Waals surface area (Å²) in [5.74, 6) is 0.102. The molecule has 1 aromatic heterocycles. The second-order valence-electron chi connectivity index (χ2n) is 5.08. The van der Waals surface area contributed by atoms with Crippen LogP contribution in [-0.2, 0) is 0 Å². The van der Waals surface area contributed by atoms with Crippen molar-refractivity contribution in [3.63, 3.8) is 0 Å². The maximum atomic E-state index is 9.72. The first-order valence-electron chi connectivity index (χ1n) is 7.26. The topological polar surface area (TPSA) is 86.5 Å². The van der Waals surface area contributed by atoms with E-state index in [0.29, 0.717) is 21.2 Å². The highest BCUT2D eigenvalue weighted by Crippen LogP contribution is 2.38. The summed E-state index contributed by atoms with van der Waals surface area (Å²) in [5.41, 5.74) is 7.77. The third-order valence-electron chi connectivity index (χ3n) is 3.49. The number of benzene rings is 2. The number of nitrogens with zero attached hydrogens (tertiary/aromatic N) is 3. The Balaban J connectivity index is 2.23. The Bertz CT molecular complexity index is 1020. The van der Waals surface area contributed by atoms with Gasteiger partial charge in [0, 0.05) is 15.5 Å². The zero-order valence-corrected chi connectivity index (χ0v) is 14.5. The van der Waals surface area contributed by atoms with Crippen LogP contribution in [0.4, 0.5) is 5.82 Å². The zero-order valence-electron chi connectivity index (χ0n) is 12.9. The van der Waals surface area contributed by atoms with Gasteiger partial charge in [-0.25, -0.2) is 4.98 Å². The van der Waals surface area contributed by atoms with Crippen molar-refractivity contribution in [3.05, 3.63) is 70.7 Å². The van der Waals surface area contributed by atoms with Crippen LogP contribution in [-0.4, -0.2) is 4.98 Å². The van der Waals surface area contributed by atoms with Crippen molar-refractivity contribution < 1.29 is 0 Å². The molecule has 0 aliphatic heterocycles. The number of halogens is 1. The van der Waals surface area contributed by atoms with E-state index in [4.69, 9.17) is 17.3 Å². The molecule has 0 saturated carbocycles. The summed E-state index contributed by atoms with van der Waals surface area (Å²) in [6.45, 7) is 0. The molecule has 0 atom stereocenters. The smallest absolute Gasteiger partial charge is 0.143 e. The number of nitriles is 2. The Hall–Kier alpha value is -2.99. The van der Waals surface area contributed by atoms with Gasteiger partial charge in [0.2, 0.25) is 0 Å². The second-order valence-corrected chi connectivity index (χ2v) is 6.57. The van der Waals surface area contributed by atoms with E-state index >= 15 is 0 Å². The summed E-state index contributed by atoms with van der Waals surface area (Å²) in [6.07, 6.45) is 0. The van der Waals surface area contributed by atoms with Gasteiger partial charge in [0.05, 0.1) is 5.56 Å². The van der Waals surface area contributed by atoms with Gasteiger partial charge in [-0.1, -0.05) is 59.8 Å². The van der Waals surface area contributed by atoms with Gasteiger partial charge >= 0.3 is 0 Å². The monoisotopic (exact) mass is 362 g/mol. The molecule has 3 aromatic rings. The maximum absolute atomic E-state index is 9.72. The molecule has 25 heavy (non-hydrogen) atoms. The van der Waals surface area contributed by atoms with E-state index in [1.54, 1.807) is 12.1 Å². The lowest BCUT2D eigenvalue weighted by atomic mass is 9.97. The van der Waals surface area contributed by atoms with Crippen LogP contribution < -0.4 is 5.73 Å². The number of hydrogen-bond donors (Lipinski definition) is 1. The fourth-order valence-corrected chi connectivity index (χ4v) is 3.61. The predicted molar refractivity (Wildman–Crippen MR) is 99.1 cm³/mol. The molecule has 6 heteroatoms. The van der Waals surface area contributed by atoms with Gasteiger partial charge in [0.1, 0.15) is 28.5 Å². The van der Waals surface area contributed by atoms with E-state index in [-0.39, 0.29) is 11.4 Å². The SMILES string of the molecule is N#Cc1c(N)nc(Sc2cccc(Cl)c2)c(C#N)c1-c1ccccc1. The Morgan fingerprint density at radius 2 is 1.68 bits per heavy atom. The molecule has 4 nitrogen and oxygen atoms in total. The van der Waals surface area contributed by atoms with E-state index < -0.39 is 0 Å². The van der Waals surface area contributed by atoms with Crippen LogP contribution in [0.3, 0.4) is 0 Å². The number of pyridine rings is 1. The van der Waals surface area contributed by atoms with Crippen molar-refractivity contribution in [1.29, 1.82) is 10.5 Å². The summed E-state index contributed by atoms with van der Waals surface area (Å²) in [6, 6.07) is 20.7. The van der Waals surface area contributed by atoms with Gasteiger partial charge in [0.15, 0.2) is 0 Å². The van der Waals surface area contributed by atoms with Crippen LogP contribution in [0.2, 0.25) is 5.02 Å². The molecule has 2 N–H and O–H groups in total. The fourth-order valence-electron chi connectivity index (χ4n) is 2.41. The Morgan fingerprint density at radius 1 is 0.960 bits per heavy atom. The van der Waals surface area contributed by atoms with Gasteiger partial charge in [-0.3, -0.25) is 0 Å². The summed E-state index contributed by atoms with van der Waals surface area (Å²) >= 11 is 7.31. The molecule has 0 spiro atoms. The molecule has 3 rings (SSSR count). The zero-order chi connectivity index (χ0) is 17.8. The molecule has 0 fully saturated rings. The van der Waals surface area contributed by atoms with E-state index in [9.17, 15) is 10.5 Å². The van der Waals surface area contributed by atoms with E-state index in [1.807, 2.05) is 42.5 Å². The highest BCUT2D eigenvalue weighted by atomic mass is 35.5. The lowest BCUT2D eigenvalue weighted by molar-refractivity contribution is 1.11. The number of hydrogen-bond acceptors (Lipinski definition) is 5. The molecule has 0 amide bonds. The van der Waals surface area contributed by atoms with Crippen molar-refractivity contribution in [2.75, 3.05) is 5.73 Å². The molecular weight excluding hydrogens is 352 g/mol. The average molecular weight is 363 g/mol. The summed E-state index contributed by atoms with van der Waals surface area (Å²) in [5, 5.41) is 20.3. The van der Waals surface area contributed by atoms with Gasteiger partial charge in [-0.05, 0) is 23.8 Å². The first-order valence-corrected chi connectivity index (χ1v) is 8.46. The fraction of sp³-hybridized carbons (Fsp3) is 0. The second kappa shape index (κ2) is 7.27. The summed E-state index contributed by atoms with van der Waals surface area (Å²) < 4.78 is 0. The molecule has 120 valence electrons. The van der Waals surface area contributed by atoms with Crippen LogP contribution in [0.15, 0.2) is 64.5 Å². The van der Waals surface area contributed by atoms with Crippen molar-refractivity contribution in [2.24, 2.45) is 0 Å². The van der Waals surface area contributed by atoms with Crippen LogP contribution in [0.25, 0.3) is 11.1 Å². The third-order valence-corrected chi connectivity index (χ3v) is 4.70. The van der Waals surface area contributed by atoms with E-state index in [2.05, 4.69) is 17.1 Å². The molecule has 1 heterocycles. The minimum atomic E-state index is 0.102. The quantitative estimate of drug-likeness (QED) is 0.717. The van der Waals surface area contributed by atoms with Crippen LogP contribution in [0, 0.1) is 22.7 Å². The molecule has 0 saturated heterocycles. The van der Waals surface area contributed by atoms with Gasteiger partial charge < -0.3 is 5.73 Å². The number of nitrogens with two attached hydrogens (primary N) is 1. The van der Waals surface area contributed by atoms with Crippen molar-refractivity contribution in [3.8, 4) is 23.3 Å². The third kappa shape index (κ3) is 3.44. The van der Waals surface area contributed by atoms with Crippen LogP contribution in [0.1, 0.15) is 11.1 Å². The molecule has 2 aromatic carbocycles. The first kappa shape index (κ1) is 16.9. The minimum Gasteiger partial charge on any atom is -0.383 e.